The largest absolute Gasteiger partial charge is 0.379 e. The normalized spacial score (nSPS) is 15.7. The first-order valence-electron chi connectivity index (χ1n) is 9.66. The van der Waals surface area contributed by atoms with E-state index in [9.17, 15) is 8.42 Å². The van der Waals surface area contributed by atoms with Gasteiger partial charge >= 0.3 is 0 Å². The highest BCUT2D eigenvalue weighted by Crippen LogP contribution is 2.07. The summed E-state index contributed by atoms with van der Waals surface area (Å²) in [5.74, 6) is 0.986. The molecular weight excluding hydrogens is 491 g/mol. The molecule has 1 aromatic rings. The van der Waals surface area contributed by atoms with Crippen molar-refractivity contribution in [2.75, 3.05) is 58.2 Å². The predicted molar refractivity (Wildman–Crippen MR) is 125 cm³/mol. The van der Waals surface area contributed by atoms with Gasteiger partial charge in [-0.15, -0.1) is 24.0 Å². The van der Waals surface area contributed by atoms with Gasteiger partial charge in [-0.3, -0.25) is 9.89 Å². The second-order valence-electron chi connectivity index (χ2n) is 6.57. The van der Waals surface area contributed by atoms with Gasteiger partial charge in [0.05, 0.1) is 24.7 Å². The van der Waals surface area contributed by atoms with Crippen LogP contribution in [0.25, 0.3) is 0 Å². The molecule has 160 valence electrons. The van der Waals surface area contributed by atoms with E-state index in [0.29, 0.717) is 13.0 Å². The molecule has 2 N–H and O–H groups in total. The highest BCUT2D eigenvalue weighted by Gasteiger charge is 2.12. The Morgan fingerprint density at radius 3 is 2.57 bits per heavy atom. The number of morpholine rings is 1. The third-order valence-electron chi connectivity index (χ3n) is 4.28. The molecule has 9 heteroatoms. The van der Waals surface area contributed by atoms with Crippen molar-refractivity contribution in [2.24, 2.45) is 4.99 Å². The smallest absolute Gasteiger partial charge is 0.191 e. The fourth-order valence-corrected chi connectivity index (χ4v) is 4.29. The van der Waals surface area contributed by atoms with Crippen LogP contribution in [0.1, 0.15) is 18.9 Å². The van der Waals surface area contributed by atoms with Gasteiger partial charge in [0.2, 0.25) is 0 Å². The molecule has 1 saturated heterocycles. The number of hydrogen-bond donors (Lipinski definition) is 2. The molecule has 0 saturated carbocycles. The Labute approximate surface area is 186 Å². The zero-order valence-corrected chi connectivity index (χ0v) is 19.7. The number of sulfone groups is 1. The Bertz CT molecular complexity index is 665. The van der Waals surface area contributed by atoms with Gasteiger partial charge in [-0.2, -0.15) is 0 Å². The molecule has 0 aromatic heterocycles. The van der Waals surface area contributed by atoms with Crippen molar-refractivity contribution in [1.29, 1.82) is 0 Å². The van der Waals surface area contributed by atoms with E-state index in [4.69, 9.17) is 4.74 Å². The Hall–Kier alpha value is -0.910. The number of halogens is 1. The monoisotopic (exact) mass is 524 g/mol. The number of hydrogen-bond acceptors (Lipinski definition) is 5. The number of ether oxygens (including phenoxy) is 1. The summed E-state index contributed by atoms with van der Waals surface area (Å²) in [4.78, 5) is 6.85. The predicted octanol–water partition coefficient (Wildman–Crippen LogP) is 1.50. The van der Waals surface area contributed by atoms with Crippen molar-refractivity contribution in [3.8, 4) is 0 Å². The van der Waals surface area contributed by atoms with Crippen LogP contribution in [0, 0.1) is 0 Å². The number of nitrogens with zero attached hydrogens (tertiary/aromatic N) is 2. The summed E-state index contributed by atoms with van der Waals surface area (Å²) in [6, 6.07) is 9.30. The number of aliphatic imine (C=N–C) groups is 1. The van der Waals surface area contributed by atoms with Crippen molar-refractivity contribution >= 4 is 39.8 Å². The van der Waals surface area contributed by atoms with Gasteiger partial charge in [-0.05, 0) is 18.9 Å². The van der Waals surface area contributed by atoms with Crippen LogP contribution in [0.2, 0.25) is 0 Å². The van der Waals surface area contributed by atoms with E-state index >= 15 is 0 Å². The van der Waals surface area contributed by atoms with Gasteiger partial charge < -0.3 is 15.4 Å². The Kier molecular flexibility index (Phi) is 12.7. The second kappa shape index (κ2) is 14.1. The second-order valence-corrected chi connectivity index (χ2v) is 8.76. The Morgan fingerprint density at radius 1 is 1.18 bits per heavy atom. The average molecular weight is 524 g/mol. The first kappa shape index (κ1) is 25.1. The molecule has 0 bridgehead atoms. The van der Waals surface area contributed by atoms with E-state index in [0.717, 1.165) is 57.5 Å². The molecule has 0 spiro atoms. The number of nitrogens with one attached hydrogen (secondary N) is 2. The molecule has 7 nitrogen and oxygen atoms in total. The molecule has 0 amide bonds. The van der Waals surface area contributed by atoms with Gasteiger partial charge in [-0.1, -0.05) is 30.3 Å². The van der Waals surface area contributed by atoms with Crippen LogP contribution in [0.15, 0.2) is 35.3 Å². The highest BCUT2D eigenvalue weighted by atomic mass is 127. The minimum atomic E-state index is -3.10. The van der Waals surface area contributed by atoms with Crippen molar-refractivity contribution in [1.82, 2.24) is 15.5 Å². The number of rotatable bonds is 10. The quantitative estimate of drug-likeness (QED) is 0.209. The maximum absolute atomic E-state index is 12.2. The third kappa shape index (κ3) is 10.6. The average Bonchev–Trinajstić information content (AvgIpc) is 2.66. The lowest BCUT2D eigenvalue weighted by atomic mass is 10.2. The van der Waals surface area contributed by atoms with E-state index in [1.807, 2.05) is 37.3 Å². The summed E-state index contributed by atoms with van der Waals surface area (Å²) in [7, 11) is -3.10. The molecule has 2 rings (SSSR count). The van der Waals surface area contributed by atoms with Gasteiger partial charge in [0, 0.05) is 39.3 Å². The molecule has 1 heterocycles. The van der Waals surface area contributed by atoms with Crippen LogP contribution >= 0.6 is 24.0 Å². The summed E-state index contributed by atoms with van der Waals surface area (Å²) >= 11 is 0. The van der Waals surface area contributed by atoms with Crippen molar-refractivity contribution < 1.29 is 13.2 Å². The molecule has 0 radical (unpaired) electrons. The van der Waals surface area contributed by atoms with E-state index in [2.05, 4.69) is 20.5 Å². The van der Waals surface area contributed by atoms with Gasteiger partial charge in [0.25, 0.3) is 0 Å². The zero-order valence-electron chi connectivity index (χ0n) is 16.6. The first-order valence-corrected chi connectivity index (χ1v) is 11.5. The molecule has 1 aromatic carbocycles. The maximum Gasteiger partial charge on any atom is 0.191 e. The standard InChI is InChI=1S/C19H32N4O3S.HI/c1-2-20-19(22-10-11-23-12-14-26-15-13-23)21-9-6-16-27(24,25)17-18-7-4-3-5-8-18;/h3-5,7-8H,2,6,9-17H2,1H3,(H2,20,21,22);1H. The topological polar surface area (TPSA) is 83.0 Å². The molecule has 0 atom stereocenters. The highest BCUT2D eigenvalue weighted by molar-refractivity contribution is 14.0. The molecule has 1 aliphatic heterocycles. The first-order chi connectivity index (χ1) is 13.1. The zero-order chi connectivity index (χ0) is 19.4. The van der Waals surface area contributed by atoms with Crippen LogP contribution in [-0.4, -0.2) is 77.5 Å². The lowest BCUT2D eigenvalue weighted by Crippen LogP contribution is -2.44. The van der Waals surface area contributed by atoms with E-state index in [1.54, 1.807) is 0 Å². The Morgan fingerprint density at radius 2 is 1.89 bits per heavy atom. The van der Waals surface area contributed by atoms with E-state index < -0.39 is 9.84 Å². The van der Waals surface area contributed by atoms with Crippen LogP contribution in [0.5, 0.6) is 0 Å². The minimum Gasteiger partial charge on any atom is -0.379 e. The van der Waals surface area contributed by atoms with E-state index in [-0.39, 0.29) is 35.5 Å². The van der Waals surface area contributed by atoms with Crippen LogP contribution in [-0.2, 0) is 20.3 Å². The van der Waals surface area contributed by atoms with Crippen molar-refractivity contribution in [3.63, 3.8) is 0 Å². The third-order valence-corrected chi connectivity index (χ3v) is 5.97. The number of benzene rings is 1. The molecule has 1 fully saturated rings. The van der Waals surface area contributed by atoms with Gasteiger partial charge in [0.1, 0.15) is 0 Å². The summed E-state index contributed by atoms with van der Waals surface area (Å²) in [6.45, 7) is 8.55. The van der Waals surface area contributed by atoms with Crippen LogP contribution in [0.3, 0.4) is 0 Å². The van der Waals surface area contributed by atoms with E-state index in [1.165, 1.54) is 0 Å². The molecule has 0 aliphatic carbocycles. The van der Waals surface area contributed by atoms with Gasteiger partial charge in [0.15, 0.2) is 15.8 Å². The lowest BCUT2D eigenvalue weighted by Gasteiger charge is -2.26. The molecule has 1 aliphatic rings. The van der Waals surface area contributed by atoms with Crippen LogP contribution < -0.4 is 10.6 Å². The lowest BCUT2D eigenvalue weighted by molar-refractivity contribution is 0.0389. The van der Waals surface area contributed by atoms with Crippen molar-refractivity contribution in [3.05, 3.63) is 35.9 Å². The minimum absolute atomic E-state index is 0. The fourth-order valence-electron chi connectivity index (χ4n) is 2.87. The fraction of sp³-hybridized carbons (Fsp3) is 0.632. The summed E-state index contributed by atoms with van der Waals surface area (Å²) in [6.07, 6.45) is 0.523. The Balaban J connectivity index is 0.00000392. The molecule has 28 heavy (non-hydrogen) atoms. The maximum atomic E-state index is 12.2. The summed E-state index contributed by atoms with van der Waals surface area (Å²) in [5.41, 5.74) is 0.833. The SMILES string of the molecule is CCNC(=NCCCS(=O)(=O)Cc1ccccc1)NCCN1CCOCC1.I. The number of guanidine groups is 1. The summed E-state index contributed by atoms with van der Waals surface area (Å²) < 4.78 is 29.8. The van der Waals surface area contributed by atoms with Crippen molar-refractivity contribution in [2.45, 2.75) is 19.1 Å². The summed E-state index contributed by atoms with van der Waals surface area (Å²) in [5, 5.41) is 6.52. The van der Waals surface area contributed by atoms with Crippen LogP contribution in [0.4, 0.5) is 0 Å². The molecular formula is C19H33IN4O3S. The van der Waals surface area contributed by atoms with Gasteiger partial charge in [-0.25, -0.2) is 8.42 Å². The molecule has 0 unspecified atom stereocenters.